The fourth-order valence-electron chi connectivity index (χ4n) is 3.79. The lowest BCUT2D eigenvalue weighted by Gasteiger charge is -2.34. The first-order chi connectivity index (χ1) is 14.4. The van der Waals surface area contributed by atoms with Crippen LogP contribution < -0.4 is 9.64 Å². The van der Waals surface area contributed by atoms with Crippen molar-refractivity contribution in [3.63, 3.8) is 0 Å². The van der Waals surface area contributed by atoms with Gasteiger partial charge in [-0.1, -0.05) is 37.3 Å². The molecule has 30 heavy (non-hydrogen) atoms. The molecule has 0 aliphatic carbocycles. The van der Waals surface area contributed by atoms with E-state index in [-0.39, 0.29) is 12.0 Å². The molecule has 1 aliphatic heterocycles. The lowest BCUT2D eigenvalue weighted by molar-refractivity contribution is 0.0746. The summed E-state index contributed by atoms with van der Waals surface area (Å²) in [6.45, 7) is 11.4. The third-order valence-corrected chi connectivity index (χ3v) is 6.45. The molecule has 0 radical (unpaired) electrons. The van der Waals surface area contributed by atoms with Gasteiger partial charge in [0.15, 0.2) is 5.13 Å². The lowest BCUT2D eigenvalue weighted by atomic mass is 10.0. The van der Waals surface area contributed by atoms with Crippen LogP contribution in [0.25, 0.3) is 10.2 Å². The van der Waals surface area contributed by atoms with Crippen molar-refractivity contribution in [1.82, 2.24) is 9.88 Å². The second-order valence-electron chi connectivity index (χ2n) is 8.32. The van der Waals surface area contributed by atoms with Gasteiger partial charge in [-0.05, 0) is 55.7 Å². The van der Waals surface area contributed by atoms with Crippen molar-refractivity contribution in [3.05, 3.63) is 53.6 Å². The first kappa shape index (κ1) is 20.7. The Morgan fingerprint density at radius 2 is 1.70 bits per heavy atom. The highest BCUT2D eigenvalue weighted by molar-refractivity contribution is 7.22. The summed E-state index contributed by atoms with van der Waals surface area (Å²) in [5.74, 6) is 1.33. The van der Waals surface area contributed by atoms with Crippen molar-refractivity contribution in [2.24, 2.45) is 0 Å². The maximum Gasteiger partial charge on any atom is 0.253 e. The average Bonchev–Trinajstić information content (AvgIpc) is 3.17. The molecule has 6 heteroatoms. The van der Waals surface area contributed by atoms with Gasteiger partial charge in [-0.3, -0.25) is 4.79 Å². The van der Waals surface area contributed by atoms with Crippen LogP contribution in [0.2, 0.25) is 0 Å². The van der Waals surface area contributed by atoms with E-state index in [1.807, 2.05) is 43.0 Å². The molecule has 1 aliphatic rings. The number of benzene rings is 2. The molecule has 158 valence electrons. The standard InChI is InChI=1S/C24H29N3O2S/c1-16(2)20-6-5-7-21-22(20)25-24(30-21)27-14-12-26(13-15-27)23(28)18-8-10-19(11-9-18)29-17(3)4/h5-11,16-17H,12-15H2,1-4H3. The number of carbonyl (C=O) groups is 1. The minimum Gasteiger partial charge on any atom is -0.491 e. The number of thiazole rings is 1. The van der Waals surface area contributed by atoms with Gasteiger partial charge in [0, 0.05) is 31.7 Å². The number of fused-ring (bicyclic) bond motifs is 1. The van der Waals surface area contributed by atoms with Gasteiger partial charge in [0.2, 0.25) is 0 Å². The molecule has 1 saturated heterocycles. The van der Waals surface area contributed by atoms with Crippen LogP contribution >= 0.6 is 11.3 Å². The van der Waals surface area contributed by atoms with Crippen molar-refractivity contribution in [2.75, 3.05) is 31.1 Å². The summed E-state index contributed by atoms with van der Waals surface area (Å²) in [6, 6.07) is 13.9. The van der Waals surface area contributed by atoms with Crippen molar-refractivity contribution in [3.8, 4) is 5.75 Å². The first-order valence-electron chi connectivity index (χ1n) is 10.6. The van der Waals surface area contributed by atoms with Crippen LogP contribution in [0.5, 0.6) is 5.75 Å². The van der Waals surface area contributed by atoms with Crippen molar-refractivity contribution in [2.45, 2.75) is 39.7 Å². The molecule has 0 bridgehead atoms. The van der Waals surface area contributed by atoms with Gasteiger partial charge in [-0.25, -0.2) is 4.98 Å². The van der Waals surface area contributed by atoms with Crippen LogP contribution in [-0.2, 0) is 0 Å². The van der Waals surface area contributed by atoms with Gasteiger partial charge in [-0.15, -0.1) is 0 Å². The third-order valence-electron chi connectivity index (χ3n) is 5.37. The summed E-state index contributed by atoms with van der Waals surface area (Å²) >= 11 is 1.75. The highest BCUT2D eigenvalue weighted by Gasteiger charge is 2.24. The third kappa shape index (κ3) is 4.29. The number of rotatable bonds is 5. The molecule has 0 unspecified atom stereocenters. The number of hydrogen-bond donors (Lipinski definition) is 0. The topological polar surface area (TPSA) is 45.7 Å². The van der Waals surface area contributed by atoms with Crippen molar-refractivity contribution in [1.29, 1.82) is 0 Å². The van der Waals surface area contributed by atoms with Gasteiger partial charge in [0.1, 0.15) is 5.75 Å². The van der Waals surface area contributed by atoms with E-state index in [9.17, 15) is 4.79 Å². The van der Waals surface area contributed by atoms with E-state index in [0.29, 0.717) is 24.6 Å². The van der Waals surface area contributed by atoms with E-state index in [1.165, 1.54) is 10.3 Å². The molecule has 3 aromatic rings. The molecule has 0 N–H and O–H groups in total. The van der Waals surface area contributed by atoms with Crippen LogP contribution in [0.15, 0.2) is 42.5 Å². The van der Waals surface area contributed by atoms with Gasteiger partial charge in [-0.2, -0.15) is 0 Å². The minimum absolute atomic E-state index is 0.0807. The maximum absolute atomic E-state index is 12.9. The Labute approximate surface area is 182 Å². The zero-order valence-corrected chi connectivity index (χ0v) is 18.9. The minimum atomic E-state index is 0.0807. The normalized spacial score (nSPS) is 14.7. The predicted octanol–water partition coefficient (Wildman–Crippen LogP) is 5.17. The molecule has 0 saturated carbocycles. The fourth-order valence-corrected chi connectivity index (χ4v) is 4.84. The summed E-state index contributed by atoms with van der Waals surface area (Å²) in [5, 5.41) is 1.06. The SMILES string of the molecule is CC(C)Oc1ccc(C(=O)N2CCN(c3nc4c(C(C)C)cccc4s3)CC2)cc1. The summed E-state index contributed by atoms with van der Waals surface area (Å²) in [5.41, 5.74) is 3.13. The van der Waals surface area contributed by atoms with E-state index in [1.54, 1.807) is 11.3 Å². The van der Waals surface area contributed by atoms with E-state index in [4.69, 9.17) is 9.72 Å². The van der Waals surface area contributed by atoms with Crippen LogP contribution in [0, 0.1) is 0 Å². The summed E-state index contributed by atoms with van der Waals surface area (Å²) < 4.78 is 6.90. The number of amides is 1. The maximum atomic E-state index is 12.9. The van der Waals surface area contributed by atoms with E-state index >= 15 is 0 Å². The highest BCUT2D eigenvalue weighted by atomic mass is 32.1. The lowest BCUT2D eigenvalue weighted by Crippen LogP contribution is -2.48. The Kier molecular flexibility index (Phi) is 5.95. The highest BCUT2D eigenvalue weighted by Crippen LogP contribution is 2.33. The number of ether oxygens (including phenoxy) is 1. The second kappa shape index (κ2) is 8.64. The van der Waals surface area contributed by atoms with E-state index in [2.05, 4.69) is 36.9 Å². The Hall–Kier alpha value is -2.60. The molecule has 1 amide bonds. The summed E-state index contributed by atoms with van der Waals surface area (Å²) in [4.78, 5) is 22.1. The summed E-state index contributed by atoms with van der Waals surface area (Å²) in [6.07, 6.45) is 0.124. The quantitative estimate of drug-likeness (QED) is 0.568. The molecule has 4 rings (SSSR count). The molecule has 5 nitrogen and oxygen atoms in total. The first-order valence-corrected chi connectivity index (χ1v) is 11.4. The number of anilines is 1. The average molecular weight is 424 g/mol. The Morgan fingerprint density at radius 1 is 1.00 bits per heavy atom. The number of para-hydroxylation sites is 1. The summed E-state index contributed by atoms with van der Waals surface area (Å²) in [7, 11) is 0. The monoisotopic (exact) mass is 423 g/mol. The number of carbonyl (C=O) groups excluding carboxylic acids is 1. The molecule has 0 spiro atoms. The van der Waals surface area contributed by atoms with Crippen LogP contribution in [0.1, 0.15) is 49.5 Å². The Bertz CT molecular complexity index is 1020. The van der Waals surface area contributed by atoms with Gasteiger partial charge in [0.25, 0.3) is 5.91 Å². The van der Waals surface area contributed by atoms with E-state index in [0.717, 1.165) is 29.5 Å². The van der Waals surface area contributed by atoms with Gasteiger partial charge < -0.3 is 14.5 Å². The van der Waals surface area contributed by atoms with Gasteiger partial charge >= 0.3 is 0 Å². The van der Waals surface area contributed by atoms with Crippen LogP contribution in [0.4, 0.5) is 5.13 Å². The zero-order valence-electron chi connectivity index (χ0n) is 18.1. The van der Waals surface area contributed by atoms with Crippen molar-refractivity contribution >= 4 is 32.6 Å². The molecular formula is C24H29N3O2S. The number of nitrogens with zero attached hydrogens (tertiary/aromatic N) is 3. The Balaban J connectivity index is 1.42. The number of aromatic nitrogens is 1. The number of piperazine rings is 1. The molecule has 2 aromatic carbocycles. The van der Waals surface area contributed by atoms with Gasteiger partial charge in [0.05, 0.1) is 16.3 Å². The number of hydrogen-bond acceptors (Lipinski definition) is 5. The Morgan fingerprint density at radius 3 is 2.33 bits per heavy atom. The zero-order chi connectivity index (χ0) is 21.3. The molecule has 1 fully saturated rings. The smallest absolute Gasteiger partial charge is 0.253 e. The molecule has 0 atom stereocenters. The predicted molar refractivity (Wildman–Crippen MR) is 124 cm³/mol. The molecular weight excluding hydrogens is 394 g/mol. The second-order valence-corrected chi connectivity index (χ2v) is 9.32. The molecule has 1 aromatic heterocycles. The van der Waals surface area contributed by atoms with Crippen LogP contribution in [0.3, 0.4) is 0 Å². The molecule has 2 heterocycles. The van der Waals surface area contributed by atoms with E-state index < -0.39 is 0 Å². The fraction of sp³-hybridized carbons (Fsp3) is 0.417. The van der Waals surface area contributed by atoms with Crippen molar-refractivity contribution < 1.29 is 9.53 Å². The van der Waals surface area contributed by atoms with Crippen LogP contribution in [-0.4, -0.2) is 48.1 Å². The largest absolute Gasteiger partial charge is 0.491 e.